The monoisotopic (exact) mass is 695 g/mol. The Morgan fingerprint density at radius 2 is 1.43 bits per heavy atom. The summed E-state index contributed by atoms with van der Waals surface area (Å²) in [6, 6.07) is 29.6. The van der Waals surface area contributed by atoms with Gasteiger partial charge in [0.05, 0.1) is 22.0 Å². The van der Waals surface area contributed by atoms with Crippen LogP contribution in [-0.2, 0) is 39.2 Å². The number of halogens is 2. The minimum Gasteiger partial charge on any atom is -0.489 e. The van der Waals surface area contributed by atoms with Gasteiger partial charge in [-0.3, -0.25) is 13.9 Å². The van der Waals surface area contributed by atoms with E-state index in [2.05, 4.69) is 5.32 Å². The summed E-state index contributed by atoms with van der Waals surface area (Å²) in [6.45, 7) is 4.17. The van der Waals surface area contributed by atoms with Crippen molar-refractivity contribution in [1.29, 1.82) is 0 Å². The molecule has 0 saturated carbocycles. The van der Waals surface area contributed by atoms with E-state index in [1.165, 1.54) is 4.90 Å². The van der Waals surface area contributed by atoms with Gasteiger partial charge in [-0.05, 0) is 59.0 Å². The molecule has 0 aliphatic heterocycles. The molecule has 4 aromatic rings. The molecule has 0 radical (unpaired) electrons. The van der Waals surface area contributed by atoms with Crippen molar-refractivity contribution in [3.05, 3.63) is 130 Å². The summed E-state index contributed by atoms with van der Waals surface area (Å²) < 4.78 is 33.1. The van der Waals surface area contributed by atoms with E-state index in [1.54, 1.807) is 42.5 Å². The van der Waals surface area contributed by atoms with E-state index in [-0.39, 0.29) is 30.5 Å². The van der Waals surface area contributed by atoms with E-state index in [0.29, 0.717) is 34.5 Å². The number of rotatable bonds is 15. The summed E-state index contributed by atoms with van der Waals surface area (Å²) in [5.74, 6) is -0.187. The van der Waals surface area contributed by atoms with Crippen molar-refractivity contribution in [1.82, 2.24) is 10.2 Å². The van der Waals surface area contributed by atoms with Crippen LogP contribution in [0.5, 0.6) is 5.75 Å². The Hall–Kier alpha value is -4.05. The van der Waals surface area contributed by atoms with Crippen LogP contribution in [0.2, 0.25) is 10.0 Å². The van der Waals surface area contributed by atoms with E-state index in [0.717, 1.165) is 21.7 Å². The lowest BCUT2D eigenvalue weighted by molar-refractivity contribution is -0.140. The van der Waals surface area contributed by atoms with Gasteiger partial charge in [0.25, 0.3) is 0 Å². The number of nitrogens with one attached hydrogen (secondary N) is 1. The van der Waals surface area contributed by atoms with Crippen molar-refractivity contribution in [3.63, 3.8) is 0 Å². The number of carbonyl (C=O) groups excluding carboxylic acids is 2. The smallest absolute Gasteiger partial charge is 0.244 e. The van der Waals surface area contributed by atoms with Gasteiger partial charge in [0.15, 0.2) is 0 Å². The van der Waals surface area contributed by atoms with Gasteiger partial charge in [-0.2, -0.15) is 0 Å². The second-order valence-corrected chi connectivity index (χ2v) is 14.4. The second kappa shape index (κ2) is 16.7. The SMILES string of the molecule is CC(C)CNC(=O)[C@H](Cc1ccccc1)N(Cc1ccc(Cl)c(Cl)c1)C(=O)CN(c1ccc(OCc2ccccc2)cc1)S(C)(=O)=O. The number of ether oxygens (including phenoxy) is 1. The zero-order valence-electron chi connectivity index (χ0n) is 26.6. The van der Waals surface area contributed by atoms with Gasteiger partial charge in [0, 0.05) is 19.5 Å². The Morgan fingerprint density at radius 3 is 2.00 bits per heavy atom. The van der Waals surface area contributed by atoms with Gasteiger partial charge in [-0.15, -0.1) is 0 Å². The largest absolute Gasteiger partial charge is 0.489 e. The van der Waals surface area contributed by atoms with E-state index in [9.17, 15) is 18.0 Å². The zero-order chi connectivity index (χ0) is 34.0. The maximum absolute atomic E-state index is 14.3. The highest BCUT2D eigenvalue weighted by Gasteiger charge is 2.33. The number of carbonyl (C=O) groups is 2. The topological polar surface area (TPSA) is 96.0 Å². The number of amides is 2. The molecule has 0 bridgehead atoms. The molecule has 0 unspecified atom stereocenters. The fourth-order valence-corrected chi connectivity index (χ4v) is 6.04. The molecular weight excluding hydrogens is 657 g/mol. The average Bonchev–Trinajstić information content (AvgIpc) is 3.05. The molecule has 0 heterocycles. The van der Waals surface area contributed by atoms with Gasteiger partial charge >= 0.3 is 0 Å². The molecule has 0 fully saturated rings. The van der Waals surface area contributed by atoms with Gasteiger partial charge in [-0.1, -0.05) is 104 Å². The van der Waals surface area contributed by atoms with Crippen LogP contribution in [0.3, 0.4) is 0 Å². The summed E-state index contributed by atoms with van der Waals surface area (Å²) in [6.07, 6.45) is 1.25. The second-order valence-electron chi connectivity index (χ2n) is 11.7. The third-order valence-corrected chi connectivity index (χ3v) is 9.22. The molecule has 0 aliphatic carbocycles. The summed E-state index contributed by atoms with van der Waals surface area (Å²) in [4.78, 5) is 29.5. The highest BCUT2D eigenvalue weighted by atomic mass is 35.5. The predicted molar refractivity (Wildman–Crippen MR) is 188 cm³/mol. The Labute approximate surface area is 287 Å². The molecule has 11 heteroatoms. The minimum absolute atomic E-state index is 0.00775. The first-order valence-corrected chi connectivity index (χ1v) is 17.8. The van der Waals surface area contributed by atoms with E-state index < -0.39 is 28.5 Å². The van der Waals surface area contributed by atoms with Gasteiger partial charge in [-0.25, -0.2) is 8.42 Å². The van der Waals surface area contributed by atoms with Crippen molar-refractivity contribution in [2.75, 3.05) is 23.7 Å². The minimum atomic E-state index is -3.92. The maximum Gasteiger partial charge on any atom is 0.244 e. The normalized spacial score (nSPS) is 12.0. The lowest BCUT2D eigenvalue weighted by atomic mass is 10.0. The first-order valence-electron chi connectivity index (χ1n) is 15.2. The number of hydrogen-bond donors (Lipinski definition) is 1. The lowest BCUT2D eigenvalue weighted by Gasteiger charge is -2.33. The van der Waals surface area contributed by atoms with Crippen molar-refractivity contribution < 1.29 is 22.7 Å². The van der Waals surface area contributed by atoms with Crippen LogP contribution in [0.25, 0.3) is 0 Å². The van der Waals surface area contributed by atoms with Crippen LogP contribution in [0.1, 0.15) is 30.5 Å². The third-order valence-electron chi connectivity index (χ3n) is 7.34. The molecule has 0 aliphatic rings. The van der Waals surface area contributed by atoms with Crippen LogP contribution in [0, 0.1) is 5.92 Å². The molecule has 4 aromatic carbocycles. The summed E-state index contributed by atoms with van der Waals surface area (Å²) in [5.41, 5.74) is 2.75. The predicted octanol–water partition coefficient (Wildman–Crippen LogP) is 6.75. The number of hydrogen-bond acceptors (Lipinski definition) is 5. The van der Waals surface area contributed by atoms with Crippen molar-refractivity contribution in [2.45, 2.75) is 39.5 Å². The molecular formula is C36H39Cl2N3O5S. The fraction of sp³-hybridized carbons (Fsp3) is 0.278. The fourth-order valence-electron chi connectivity index (χ4n) is 4.87. The van der Waals surface area contributed by atoms with Gasteiger partial charge < -0.3 is 15.0 Å². The number of benzene rings is 4. The summed E-state index contributed by atoms with van der Waals surface area (Å²) >= 11 is 12.5. The Kier molecular flexibility index (Phi) is 12.7. The van der Waals surface area contributed by atoms with Crippen LogP contribution in [0.15, 0.2) is 103 Å². The van der Waals surface area contributed by atoms with Gasteiger partial charge in [0.1, 0.15) is 24.9 Å². The molecule has 2 amide bonds. The Bertz CT molecular complexity index is 1740. The first kappa shape index (κ1) is 35.8. The molecule has 8 nitrogen and oxygen atoms in total. The molecule has 1 N–H and O–H groups in total. The quantitative estimate of drug-likeness (QED) is 0.148. The summed E-state index contributed by atoms with van der Waals surface area (Å²) in [5, 5.41) is 3.61. The van der Waals surface area contributed by atoms with Crippen molar-refractivity contribution in [2.24, 2.45) is 5.92 Å². The van der Waals surface area contributed by atoms with Crippen LogP contribution < -0.4 is 14.4 Å². The first-order chi connectivity index (χ1) is 22.4. The Balaban J connectivity index is 1.65. The van der Waals surface area contributed by atoms with Gasteiger partial charge in [0.2, 0.25) is 21.8 Å². The third kappa shape index (κ3) is 10.7. The standard InChI is InChI=1S/C36H39Cl2N3O5S/c1-26(2)22-39-36(43)34(21-27-10-6-4-7-11-27)40(23-29-14-19-32(37)33(38)20-29)35(42)24-41(47(3,44)45)30-15-17-31(18-16-30)46-25-28-12-8-5-9-13-28/h4-20,26,34H,21-25H2,1-3H3,(H,39,43)/t34-/m0/s1. The molecule has 4 rings (SSSR count). The van der Waals surface area contributed by atoms with Crippen LogP contribution in [-0.4, -0.2) is 50.5 Å². The number of anilines is 1. The van der Waals surface area contributed by atoms with Crippen molar-refractivity contribution >= 4 is 50.7 Å². The zero-order valence-corrected chi connectivity index (χ0v) is 28.9. The van der Waals surface area contributed by atoms with Crippen LogP contribution in [0.4, 0.5) is 5.69 Å². The molecule has 47 heavy (non-hydrogen) atoms. The molecule has 0 saturated heterocycles. The van der Waals surface area contributed by atoms with Crippen molar-refractivity contribution in [3.8, 4) is 5.75 Å². The highest BCUT2D eigenvalue weighted by molar-refractivity contribution is 7.92. The van der Waals surface area contributed by atoms with E-state index >= 15 is 0 Å². The lowest BCUT2D eigenvalue weighted by Crippen LogP contribution is -2.53. The number of nitrogens with zero attached hydrogens (tertiary/aromatic N) is 2. The van der Waals surface area contributed by atoms with Crippen LogP contribution >= 0.6 is 23.2 Å². The maximum atomic E-state index is 14.3. The van der Waals surface area contributed by atoms with E-state index in [1.807, 2.05) is 74.5 Å². The number of sulfonamides is 1. The van der Waals surface area contributed by atoms with E-state index in [4.69, 9.17) is 27.9 Å². The molecule has 0 spiro atoms. The average molecular weight is 697 g/mol. The Morgan fingerprint density at radius 1 is 0.809 bits per heavy atom. The summed E-state index contributed by atoms with van der Waals surface area (Å²) in [7, 11) is -3.92. The molecule has 1 atom stereocenters. The molecule has 0 aromatic heterocycles. The highest BCUT2D eigenvalue weighted by Crippen LogP contribution is 2.26. The molecule has 248 valence electrons.